The molecular formula is C22H21N7O2. The van der Waals surface area contributed by atoms with Crippen LogP contribution in [0.4, 0.5) is 5.82 Å². The van der Waals surface area contributed by atoms with Crippen molar-refractivity contribution in [3.63, 3.8) is 0 Å². The molecule has 1 aliphatic heterocycles. The van der Waals surface area contributed by atoms with Gasteiger partial charge in [-0.05, 0) is 42.5 Å². The van der Waals surface area contributed by atoms with Gasteiger partial charge in [0.1, 0.15) is 18.4 Å². The summed E-state index contributed by atoms with van der Waals surface area (Å²) in [7, 11) is 1.96. The molecule has 9 heteroatoms. The van der Waals surface area contributed by atoms with Crippen LogP contribution in [-0.4, -0.2) is 42.6 Å². The van der Waals surface area contributed by atoms with E-state index in [4.69, 9.17) is 9.40 Å². The molecule has 0 atom stereocenters. The van der Waals surface area contributed by atoms with Crippen molar-refractivity contribution in [1.29, 1.82) is 0 Å². The number of furan rings is 1. The SMILES string of the molecule is Cn1c(-c2ccoc2)nc2c(N3CCC(c4ccc5[nH]c(=O)[nH]c5c4)CC3)ncnc21. The van der Waals surface area contributed by atoms with Gasteiger partial charge in [0.15, 0.2) is 17.0 Å². The number of aromatic amines is 2. The molecule has 1 fully saturated rings. The second-order valence-corrected chi connectivity index (χ2v) is 8.02. The van der Waals surface area contributed by atoms with E-state index in [1.54, 1.807) is 18.9 Å². The molecule has 0 aliphatic carbocycles. The minimum absolute atomic E-state index is 0.167. The van der Waals surface area contributed by atoms with Gasteiger partial charge in [-0.1, -0.05) is 6.07 Å². The van der Waals surface area contributed by atoms with E-state index >= 15 is 0 Å². The Balaban J connectivity index is 1.28. The van der Waals surface area contributed by atoms with Crippen molar-refractivity contribution >= 4 is 28.0 Å². The Bertz CT molecular complexity index is 1440. The summed E-state index contributed by atoms with van der Waals surface area (Å²) in [6.07, 6.45) is 6.96. The summed E-state index contributed by atoms with van der Waals surface area (Å²) in [6, 6.07) is 8.08. The second-order valence-electron chi connectivity index (χ2n) is 8.02. The Kier molecular flexibility index (Phi) is 3.95. The number of imidazole rings is 2. The van der Waals surface area contributed by atoms with Gasteiger partial charge < -0.3 is 23.9 Å². The molecule has 1 aliphatic rings. The Labute approximate surface area is 176 Å². The molecule has 0 unspecified atom stereocenters. The Morgan fingerprint density at radius 3 is 2.74 bits per heavy atom. The first-order valence-corrected chi connectivity index (χ1v) is 10.3. The fraction of sp³-hybridized carbons (Fsp3) is 0.273. The average Bonchev–Trinajstić information content (AvgIpc) is 3.52. The number of H-pyrrole nitrogens is 2. The van der Waals surface area contributed by atoms with Crippen molar-refractivity contribution in [3.05, 3.63) is 59.2 Å². The summed E-state index contributed by atoms with van der Waals surface area (Å²) in [6.45, 7) is 1.77. The van der Waals surface area contributed by atoms with Crippen LogP contribution < -0.4 is 10.6 Å². The highest BCUT2D eigenvalue weighted by atomic mass is 16.3. The van der Waals surface area contributed by atoms with E-state index in [2.05, 4.69) is 37.0 Å². The van der Waals surface area contributed by atoms with Crippen molar-refractivity contribution < 1.29 is 4.42 Å². The van der Waals surface area contributed by atoms with E-state index in [9.17, 15) is 4.79 Å². The molecule has 0 saturated carbocycles. The van der Waals surface area contributed by atoms with Crippen LogP contribution in [0.5, 0.6) is 0 Å². The first-order chi connectivity index (χ1) is 15.2. The zero-order chi connectivity index (χ0) is 20.9. The highest BCUT2D eigenvalue weighted by molar-refractivity contribution is 5.86. The lowest BCUT2D eigenvalue weighted by Gasteiger charge is -2.33. The van der Waals surface area contributed by atoms with E-state index in [0.717, 1.165) is 65.3 Å². The van der Waals surface area contributed by atoms with E-state index in [1.807, 2.05) is 23.7 Å². The molecule has 0 bridgehead atoms. The van der Waals surface area contributed by atoms with Gasteiger partial charge in [0, 0.05) is 20.1 Å². The van der Waals surface area contributed by atoms with Crippen molar-refractivity contribution in [2.45, 2.75) is 18.8 Å². The summed E-state index contributed by atoms with van der Waals surface area (Å²) < 4.78 is 7.20. The van der Waals surface area contributed by atoms with Gasteiger partial charge in [0.05, 0.1) is 22.9 Å². The van der Waals surface area contributed by atoms with Crippen LogP contribution in [0.3, 0.4) is 0 Å². The van der Waals surface area contributed by atoms with Gasteiger partial charge in [0.2, 0.25) is 0 Å². The number of benzene rings is 1. The predicted octanol–water partition coefficient (Wildman–Crippen LogP) is 3.18. The summed E-state index contributed by atoms with van der Waals surface area (Å²) in [5.74, 6) is 2.13. The molecule has 0 amide bonds. The molecule has 31 heavy (non-hydrogen) atoms. The van der Waals surface area contributed by atoms with Crippen LogP contribution >= 0.6 is 0 Å². The van der Waals surface area contributed by atoms with Crippen molar-refractivity contribution in [2.75, 3.05) is 18.0 Å². The topological polar surface area (TPSA) is 109 Å². The summed E-state index contributed by atoms with van der Waals surface area (Å²) in [5, 5.41) is 0. The van der Waals surface area contributed by atoms with Gasteiger partial charge in [-0.25, -0.2) is 19.7 Å². The summed E-state index contributed by atoms with van der Waals surface area (Å²) in [5.41, 5.74) is 5.34. The second kappa shape index (κ2) is 6.83. The minimum Gasteiger partial charge on any atom is -0.472 e. The molecule has 156 valence electrons. The number of anilines is 1. The fourth-order valence-corrected chi connectivity index (χ4v) is 4.60. The lowest BCUT2D eigenvalue weighted by Crippen LogP contribution is -2.33. The van der Waals surface area contributed by atoms with Crippen LogP contribution in [0.1, 0.15) is 24.3 Å². The number of aryl methyl sites for hydroxylation is 1. The van der Waals surface area contributed by atoms with Crippen LogP contribution in [0.2, 0.25) is 0 Å². The first-order valence-electron chi connectivity index (χ1n) is 10.3. The van der Waals surface area contributed by atoms with Gasteiger partial charge in [-0.2, -0.15) is 0 Å². The molecule has 0 spiro atoms. The number of rotatable bonds is 3. The van der Waals surface area contributed by atoms with E-state index in [0.29, 0.717) is 5.92 Å². The predicted molar refractivity (Wildman–Crippen MR) is 117 cm³/mol. The zero-order valence-corrected chi connectivity index (χ0v) is 17.0. The van der Waals surface area contributed by atoms with Crippen LogP contribution in [0.25, 0.3) is 33.6 Å². The molecule has 2 N–H and O–H groups in total. The quantitative estimate of drug-likeness (QED) is 0.468. The summed E-state index contributed by atoms with van der Waals surface area (Å²) >= 11 is 0. The standard InChI is InChI=1S/C22H21N7O2/c1-28-19(15-6-9-31-11-15)27-18-20(28)23-12-24-21(18)29-7-4-13(5-8-29)14-2-3-16-17(10-14)26-22(30)25-16/h2-3,6,9-13H,4-5,7-8H2,1H3,(H2,25,26,30). The fourth-order valence-electron chi connectivity index (χ4n) is 4.60. The van der Waals surface area contributed by atoms with Gasteiger partial charge >= 0.3 is 5.69 Å². The van der Waals surface area contributed by atoms with Crippen molar-refractivity contribution in [1.82, 2.24) is 29.5 Å². The minimum atomic E-state index is -0.167. The maximum atomic E-state index is 11.5. The lowest BCUT2D eigenvalue weighted by molar-refractivity contribution is 0.503. The van der Waals surface area contributed by atoms with E-state index in [1.165, 1.54) is 5.56 Å². The van der Waals surface area contributed by atoms with Crippen LogP contribution in [-0.2, 0) is 7.05 Å². The Morgan fingerprint density at radius 2 is 1.94 bits per heavy atom. The molecular weight excluding hydrogens is 394 g/mol. The van der Waals surface area contributed by atoms with Gasteiger partial charge in [-0.15, -0.1) is 0 Å². The van der Waals surface area contributed by atoms with Gasteiger partial charge in [0.25, 0.3) is 0 Å². The first kappa shape index (κ1) is 17.9. The molecule has 1 saturated heterocycles. The van der Waals surface area contributed by atoms with Crippen molar-refractivity contribution in [2.24, 2.45) is 7.05 Å². The number of nitrogens with zero attached hydrogens (tertiary/aromatic N) is 5. The molecule has 0 radical (unpaired) electrons. The smallest absolute Gasteiger partial charge is 0.323 e. The molecule has 1 aromatic carbocycles. The molecule has 6 rings (SSSR count). The third-order valence-electron chi connectivity index (χ3n) is 6.22. The molecule has 5 heterocycles. The normalized spacial score (nSPS) is 15.3. The maximum absolute atomic E-state index is 11.5. The average molecular weight is 415 g/mol. The van der Waals surface area contributed by atoms with Crippen LogP contribution in [0.15, 0.2) is 52.3 Å². The monoisotopic (exact) mass is 415 g/mol. The molecule has 9 nitrogen and oxygen atoms in total. The number of aromatic nitrogens is 6. The summed E-state index contributed by atoms with van der Waals surface area (Å²) in [4.78, 5) is 33.4. The Morgan fingerprint density at radius 1 is 1.10 bits per heavy atom. The number of fused-ring (bicyclic) bond motifs is 2. The number of piperidine rings is 1. The molecule has 5 aromatic rings. The highest BCUT2D eigenvalue weighted by Crippen LogP contribution is 2.33. The lowest BCUT2D eigenvalue weighted by atomic mass is 9.89. The zero-order valence-electron chi connectivity index (χ0n) is 17.0. The highest BCUT2D eigenvalue weighted by Gasteiger charge is 2.25. The van der Waals surface area contributed by atoms with Crippen molar-refractivity contribution in [3.8, 4) is 11.4 Å². The molecule has 4 aromatic heterocycles. The van der Waals surface area contributed by atoms with E-state index < -0.39 is 0 Å². The third-order valence-corrected chi connectivity index (χ3v) is 6.22. The van der Waals surface area contributed by atoms with Gasteiger partial charge in [-0.3, -0.25) is 0 Å². The number of hydrogen-bond acceptors (Lipinski definition) is 6. The largest absolute Gasteiger partial charge is 0.472 e. The number of hydrogen-bond donors (Lipinski definition) is 2. The number of nitrogens with one attached hydrogen (secondary N) is 2. The van der Waals surface area contributed by atoms with Crippen LogP contribution in [0, 0.1) is 0 Å². The maximum Gasteiger partial charge on any atom is 0.323 e. The Hall–Kier alpha value is -3.88. The third kappa shape index (κ3) is 2.92. The van der Waals surface area contributed by atoms with E-state index in [-0.39, 0.29) is 5.69 Å².